The number of hydrogen-bond donors (Lipinski definition) is 1. The van der Waals surface area contributed by atoms with Crippen LogP contribution in [-0.2, 0) is 9.53 Å². The van der Waals surface area contributed by atoms with E-state index in [2.05, 4.69) is 10.1 Å². The molecule has 2 atom stereocenters. The molecule has 8 nitrogen and oxygen atoms in total. The number of amides is 1. The largest absolute Gasteiger partial charge is 0.481 e. The Bertz CT molecular complexity index is 877. The van der Waals surface area contributed by atoms with Crippen molar-refractivity contribution in [2.75, 3.05) is 26.3 Å². The second kappa shape index (κ2) is 5.52. The number of likely N-dealkylation sites (tertiary alicyclic amines) is 1. The minimum Gasteiger partial charge on any atom is -0.481 e. The highest BCUT2D eigenvalue weighted by Gasteiger charge is 2.55. The van der Waals surface area contributed by atoms with Crippen molar-refractivity contribution in [2.45, 2.75) is 20.3 Å². The molecule has 2 aliphatic heterocycles. The first kappa shape index (κ1) is 16.0. The van der Waals surface area contributed by atoms with E-state index < -0.39 is 11.4 Å². The molecule has 8 heteroatoms. The highest BCUT2D eigenvalue weighted by molar-refractivity contribution is 6.06. The molecule has 0 radical (unpaired) electrons. The Hall–Kier alpha value is -2.48. The SMILES string of the molecule is Cc1cc(C(=O)N2C[C@H]3COCC[C@@]3(C(=O)O)C2)c2c(C)noc2n1. The van der Waals surface area contributed by atoms with E-state index in [0.717, 1.165) is 0 Å². The normalized spacial score (nSPS) is 26.0. The Labute approximate surface area is 143 Å². The van der Waals surface area contributed by atoms with E-state index in [1.165, 1.54) is 0 Å². The Morgan fingerprint density at radius 3 is 2.92 bits per heavy atom. The van der Waals surface area contributed by atoms with Crippen LogP contribution in [0.1, 0.15) is 28.2 Å². The van der Waals surface area contributed by atoms with E-state index in [9.17, 15) is 14.7 Å². The molecule has 1 N–H and O–H groups in total. The van der Waals surface area contributed by atoms with Crippen molar-refractivity contribution < 1.29 is 24.0 Å². The highest BCUT2D eigenvalue weighted by Crippen LogP contribution is 2.43. The van der Waals surface area contributed by atoms with Crippen LogP contribution in [0.5, 0.6) is 0 Å². The third-order valence-electron chi connectivity index (χ3n) is 5.40. The number of carboxylic acid groups (broad SMARTS) is 1. The number of pyridine rings is 1. The number of ether oxygens (including phenoxy) is 1. The number of aryl methyl sites for hydroxylation is 2. The second-order valence-corrected chi connectivity index (χ2v) is 6.93. The Morgan fingerprint density at radius 1 is 1.40 bits per heavy atom. The molecule has 132 valence electrons. The van der Waals surface area contributed by atoms with E-state index >= 15 is 0 Å². The summed E-state index contributed by atoms with van der Waals surface area (Å²) in [6, 6.07) is 1.71. The number of fused-ring (bicyclic) bond motifs is 2. The van der Waals surface area contributed by atoms with Crippen LogP contribution < -0.4 is 0 Å². The zero-order chi connectivity index (χ0) is 17.8. The summed E-state index contributed by atoms with van der Waals surface area (Å²) in [7, 11) is 0. The Morgan fingerprint density at radius 2 is 2.20 bits per heavy atom. The van der Waals surface area contributed by atoms with Gasteiger partial charge in [-0.25, -0.2) is 4.98 Å². The molecule has 4 rings (SSSR count). The number of aromatic nitrogens is 2. The van der Waals surface area contributed by atoms with Crippen LogP contribution in [0, 0.1) is 25.2 Å². The van der Waals surface area contributed by atoms with Crippen molar-refractivity contribution in [3.8, 4) is 0 Å². The van der Waals surface area contributed by atoms with Crippen molar-refractivity contribution in [2.24, 2.45) is 11.3 Å². The van der Waals surface area contributed by atoms with Crippen molar-refractivity contribution in [3.05, 3.63) is 23.0 Å². The molecule has 0 unspecified atom stereocenters. The fourth-order valence-electron chi connectivity index (χ4n) is 4.01. The lowest BCUT2D eigenvalue weighted by atomic mass is 9.74. The first-order valence-corrected chi connectivity index (χ1v) is 8.26. The maximum Gasteiger partial charge on any atom is 0.311 e. The Kier molecular flexibility index (Phi) is 3.54. The van der Waals surface area contributed by atoms with Crippen LogP contribution in [-0.4, -0.2) is 58.3 Å². The minimum absolute atomic E-state index is 0.190. The topological polar surface area (TPSA) is 106 Å². The van der Waals surface area contributed by atoms with E-state index in [1.54, 1.807) is 24.8 Å². The molecule has 0 aliphatic carbocycles. The number of carbonyl (C=O) groups excluding carboxylic acids is 1. The molecule has 2 aromatic rings. The summed E-state index contributed by atoms with van der Waals surface area (Å²) in [5.41, 5.74) is 1.12. The quantitative estimate of drug-likeness (QED) is 0.877. The average Bonchev–Trinajstić information content (AvgIpc) is 3.15. The molecule has 2 fully saturated rings. The molecule has 1 amide bonds. The molecule has 4 heterocycles. The van der Waals surface area contributed by atoms with Gasteiger partial charge in [0.1, 0.15) is 0 Å². The van der Waals surface area contributed by atoms with Crippen molar-refractivity contribution in [3.63, 3.8) is 0 Å². The number of aliphatic carboxylic acids is 1. The standard InChI is InChI=1S/C17H19N3O5/c1-9-5-12(13-10(2)19-25-14(13)18-9)15(21)20-6-11-7-24-4-3-17(11,8-20)16(22)23/h5,11H,3-4,6-8H2,1-2H3,(H,22,23)/t11-,17+/m0/s1. The summed E-state index contributed by atoms with van der Waals surface area (Å²) in [5.74, 6) is -1.25. The van der Waals surface area contributed by atoms with Gasteiger partial charge < -0.3 is 19.3 Å². The lowest BCUT2D eigenvalue weighted by Gasteiger charge is -2.33. The van der Waals surface area contributed by atoms with Gasteiger partial charge in [0.2, 0.25) is 0 Å². The van der Waals surface area contributed by atoms with Crippen LogP contribution >= 0.6 is 0 Å². The van der Waals surface area contributed by atoms with Gasteiger partial charge in [-0.05, 0) is 26.3 Å². The summed E-state index contributed by atoms with van der Waals surface area (Å²) in [5, 5.41) is 14.3. The first-order chi connectivity index (χ1) is 11.9. The van der Waals surface area contributed by atoms with E-state index in [-0.39, 0.29) is 18.4 Å². The molecule has 0 aromatic carbocycles. The van der Waals surface area contributed by atoms with Gasteiger partial charge in [0, 0.05) is 31.3 Å². The third-order valence-corrected chi connectivity index (χ3v) is 5.40. The van der Waals surface area contributed by atoms with Gasteiger partial charge >= 0.3 is 5.97 Å². The van der Waals surface area contributed by atoms with Gasteiger partial charge in [0.05, 0.1) is 28.7 Å². The molecular weight excluding hydrogens is 326 g/mol. The number of nitrogens with zero attached hydrogens (tertiary/aromatic N) is 3. The van der Waals surface area contributed by atoms with E-state index in [4.69, 9.17) is 9.26 Å². The molecule has 2 aliphatic rings. The molecule has 2 aromatic heterocycles. The molecule has 0 bridgehead atoms. The van der Waals surface area contributed by atoms with E-state index in [1.807, 2.05) is 0 Å². The summed E-state index contributed by atoms with van der Waals surface area (Å²) >= 11 is 0. The summed E-state index contributed by atoms with van der Waals surface area (Å²) in [6.07, 6.45) is 0.424. The zero-order valence-corrected chi connectivity index (χ0v) is 14.1. The maximum atomic E-state index is 13.2. The molecule has 0 saturated carbocycles. The smallest absolute Gasteiger partial charge is 0.311 e. The number of carboxylic acids is 1. The number of hydrogen-bond acceptors (Lipinski definition) is 6. The summed E-state index contributed by atoms with van der Waals surface area (Å²) in [6.45, 7) is 4.89. The number of rotatable bonds is 2. The second-order valence-electron chi connectivity index (χ2n) is 6.93. The third kappa shape index (κ3) is 2.31. The van der Waals surface area contributed by atoms with Crippen molar-refractivity contribution in [1.82, 2.24) is 15.0 Å². The molecule has 0 spiro atoms. The van der Waals surface area contributed by atoms with Crippen LogP contribution in [0.3, 0.4) is 0 Å². The summed E-state index contributed by atoms with van der Waals surface area (Å²) < 4.78 is 10.6. The zero-order valence-electron chi connectivity index (χ0n) is 14.1. The van der Waals surface area contributed by atoms with Gasteiger partial charge in [-0.2, -0.15) is 0 Å². The predicted molar refractivity (Wildman–Crippen MR) is 86.2 cm³/mol. The first-order valence-electron chi connectivity index (χ1n) is 8.26. The van der Waals surface area contributed by atoms with Gasteiger partial charge in [-0.3, -0.25) is 9.59 Å². The van der Waals surface area contributed by atoms with Crippen molar-refractivity contribution in [1.29, 1.82) is 0 Å². The molecule has 25 heavy (non-hydrogen) atoms. The fourth-order valence-corrected chi connectivity index (χ4v) is 4.01. The predicted octanol–water partition coefficient (Wildman–Crippen LogP) is 1.40. The lowest BCUT2D eigenvalue weighted by molar-refractivity contribution is -0.157. The van der Waals surface area contributed by atoms with Gasteiger partial charge in [0.25, 0.3) is 11.6 Å². The van der Waals surface area contributed by atoms with Gasteiger partial charge in [-0.1, -0.05) is 5.16 Å². The monoisotopic (exact) mass is 345 g/mol. The fraction of sp³-hybridized carbons (Fsp3) is 0.529. The van der Waals surface area contributed by atoms with Gasteiger partial charge in [-0.15, -0.1) is 0 Å². The summed E-state index contributed by atoms with van der Waals surface area (Å²) in [4.78, 5) is 31.0. The lowest BCUT2D eigenvalue weighted by Crippen LogP contribution is -2.45. The van der Waals surface area contributed by atoms with Crippen LogP contribution in [0.15, 0.2) is 10.6 Å². The van der Waals surface area contributed by atoms with E-state index in [0.29, 0.717) is 54.2 Å². The average molecular weight is 345 g/mol. The van der Waals surface area contributed by atoms with Crippen LogP contribution in [0.25, 0.3) is 11.1 Å². The highest BCUT2D eigenvalue weighted by atomic mass is 16.5. The van der Waals surface area contributed by atoms with Crippen LogP contribution in [0.2, 0.25) is 0 Å². The maximum absolute atomic E-state index is 13.2. The Balaban J connectivity index is 1.73. The van der Waals surface area contributed by atoms with Crippen molar-refractivity contribution >= 4 is 23.0 Å². The number of carbonyl (C=O) groups is 2. The van der Waals surface area contributed by atoms with Gasteiger partial charge in [0.15, 0.2) is 0 Å². The minimum atomic E-state index is -0.918. The molecule has 2 saturated heterocycles. The molecular formula is C17H19N3O5. The van der Waals surface area contributed by atoms with Crippen LogP contribution in [0.4, 0.5) is 0 Å².